The van der Waals surface area contributed by atoms with Crippen LogP contribution in [0.5, 0.6) is 5.75 Å². The highest BCUT2D eigenvalue weighted by atomic mass is 35.5. The maximum absolute atomic E-state index is 11.9. The lowest BCUT2D eigenvalue weighted by Crippen LogP contribution is -2.31. The molecule has 1 aromatic carbocycles. The molecule has 1 aliphatic rings. The van der Waals surface area contributed by atoms with Gasteiger partial charge in [-0.1, -0.05) is 17.7 Å². The Labute approximate surface area is 124 Å². The third kappa shape index (κ3) is 4.78. The summed E-state index contributed by atoms with van der Waals surface area (Å²) in [5.74, 6) is -0.00468. The second-order valence-electron chi connectivity index (χ2n) is 4.84. The summed E-state index contributed by atoms with van der Waals surface area (Å²) >= 11 is 5.83. The molecule has 0 saturated carbocycles. The molecule has 5 heteroatoms. The first-order valence-electron chi connectivity index (χ1n) is 6.85. The van der Waals surface area contributed by atoms with Crippen LogP contribution in [0.3, 0.4) is 0 Å². The number of hydrogen-bond donors (Lipinski definition) is 0. The van der Waals surface area contributed by atoms with Gasteiger partial charge in [-0.25, -0.2) is 4.79 Å². The van der Waals surface area contributed by atoms with E-state index in [1.54, 1.807) is 31.2 Å². The molecule has 0 aliphatic carbocycles. The summed E-state index contributed by atoms with van der Waals surface area (Å²) in [5, 5.41) is 0.527. The first-order valence-corrected chi connectivity index (χ1v) is 7.23. The number of hydrogen-bond acceptors (Lipinski definition) is 4. The van der Waals surface area contributed by atoms with Gasteiger partial charge in [-0.15, -0.1) is 0 Å². The van der Waals surface area contributed by atoms with Crippen LogP contribution in [0.2, 0.25) is 5.02 Å². The first kappa shape index (κ1) is 15.3. The second kappa shape index (κ2) is 7.62. The van der Waals surface area contributed by atoms with E-state index in [9.17, 15) is 4.79 Å². The molecule has 0 bridgehead atoms. The van der Waals surface area contributed by atoms with Crippen LogP contribution in [0.4, 0.5) is 0 Å². The van der Waals surface area contributed by atoms with Crippen molar-refractivity contribution in [1.29, 1.82) is 0 Å². The Hall–Kier alpha value is -1.10. The van der Waals surface area contributed by atoms with Crippen LogP contribution in [-0.4, -0.2) is 31.4 Å². The standard InChI is InChI=1S/C15H19ClO4/c1-11(19-10-14-6-2-3-8-18-14)15(17)20-13-7-4-5-12(16)9-13/h4-5,7,9,11,14H,2-3,6,8,10H2,1H3. The van der Waals surface area contributed by atoms with Gasteiger partial charge < -0.3 is 14.2 Å². The monoisotopic (exact) mass is 298 g/mol. The van der Waals surface area contributed by atoms with E-state index in [1.165, 1.54) is 0 Å². The van der Waals surface area contributed by atoms with Crippen molar-refractivity contribution in [3.05, 3.63) is 29.3 Å². The zero-order chi connectivity index (χ0) is 14.4. The van der Waals surface area contributed by atoms with E-state index in [0.717, 1.165) is 25.9 Å². The van der Waals surface area contributed by atoms with Crippen molar-refractivity contribution in [2.75, 3.05) is 13.2 Å². The Balaban J connectivity index is 1.76. The van der Waals surface area contributed by atoms with E-state index in [4.69, 9.17) is 25.8 Å². The highest BCUT2D eigenvalue weighted by Crippen LogP contribution is 2.18. The zero-order valence-electron chi connectivity index (χ0n) is 11.5. The van der Waals surface area contributed by atoms with Crippen LogP contribution in [0.1, 0.15) is 26.2 Å². The van der Waals surface area contributed by atoms with E-state index >= 15 is 0 Å². The first-order chi connectivity index (χ1) is 9.65. The Bertz CT molecular complexity index is 443. The van der Waals surface area contributed by atoms with Crippen LogP contribution >= 0.6 is 11.6 Å². The number of halogens is 1. The molecule has 0 N–H and O–H groups in total. The number of rotatable bonds is 5. The van der Waals surface area contributed by atoms with E-state index in [-0.39, 0.29) is 6.10 Å². The molecule has 4 nitrogen and oxygen atoms in total. The van der Waals surface area contributed by atoms with Crippen LogP contribution in [0, 0.1) is 0 Å². The van der Waals surface area contributed by atoms with Gasteiger partial charge in [0.1, 0.15) is 5.75 Å². The van der Waals surface area contributed by atoms with Crippen molar-refractivity contribution in [2.24, 2.45) is 0 Å². The Morgan fingerprint density at radius 3 is 3.05 bits per heavy atom. The fraction of sp³-hybridized carbons (Fsp3) is 0.533. The maximum atomic E-state index is 11.9. The van der Waals surface area contributed by atoms with Gasteiger partial charge in [0.15, 0.2) is 6.10 Å². The summed E-state index contributed by atoms with van der Waals surface area (Å²) in [6, 6.07) is 6.72. The number of ether oxygens (including phenoxy) is 3. The zero-order valence-corrected chi connectivity index (χ0v) is 12.3. The van der Waals surface area contributed by atoms with Crippen molar-refractivity contribution in [3.8, 4) is 5.75 Å². The van der Waals surface area contributed by atoms with Gasteiger partial charge in [0.25, 0.3) is 0 Å². The number of esters is 1. The third-order valence-electron chi connectivity index (χ3n) is 3.15. The van der Waals surface area contributed by atoms with Gasteiger partial charge in [-0.2, -0.15) is 0 Å². The Kier molecular flexibility index (Phi) is 5.83. The van der Waals surface area contributed by atoms with E-state index in [2.05, 4.69) is 0 Å². The molecule has 110 valence electrons. The third-order valence-corrected chi connectivity index (χ3v) is 3.39. The second-order valence-corrected chi connectivity index (χ2v) is 5.28. The van der Waals surface area contributed by atoms with Gasteiger partial charge in [0.2, 0.25) is 0 Å². The summed E-state index contributed by atoms with van der Waals surface area (Å²) in [6.07, 6.45) is 2.69. The van der Waals surface area contributed by atoms with Gasteiger partial charge in [0.05, 0.1) is 12.7 Å². The molecule has 1 saturated heterocycles. The maximum Gasteiger partial charge on any atom is 0.340 e. The number of carbonyl (C=O) groups is 1. The fourth-order valence-corrected chi connectivity index (χ4v) is 2.17. The lowest BCUT2D eigenvalue weighted by Gasteiger charge is -2.23. The molecule has 1 fully saturated rings. The van der Waals surface area contributed by atoms with Crippen LogP contribution in [0.15, 0.2) is 24.3 Å². The fourth-order valence-electron chi connectivity index (χ4n) is 1.99. The molecule has 1 heterocycles. The van der Waals surface area contributed by atoms with Crippen molar-refractivity contribution in [3.63, 3.8) is 0 Å². The van der Waals surface area contributed by atoms with Gasteiger partial charge in [0, 0.05) is 11.6 Å². The van der Waals surface area contributed by atoms with E-state index in [0.29, 0.717) is 17.4 Å². The Morgan fingerprint density at radius 1 is 1.50 bits per heavy atom. The van der Waals surface area contributed by atoms with Crippen LogP contribution in [-0.2, 0) is 14.3 Å². The molecule has 2 atom stereocenters. The predicted octanol–water partition coefficient (Wildman–Crippen LogP) is 3.22. The Morgan fingerprint density at radius 2 is 2.35 bits per heavy atom. The molecule has 1 aromatic rings. The van der Waals surface area contributed by atoms with Crippen LogP contribution in [0.25, 0.3) is 0 Å². The lowest BCUT2D eigenvalue weighted by molar-refractivity contribution is -0.149. The number of benzene rings is 1. The molecule has 0 spiro atoms. The van der Waals surface area contributed by atoms with Crippen molar-refractivity contribution in [2.45, 2.75) is 38.4 Å². The van der Waals surface area contributed by atoms with Gasteiger partial charge in [-0.3, -0.25) is 0 Å². The molecule has 0 aromatic heterocycles. The van der Waals surface area contributed by atoms with Crippen LogP contribution < -0.4 is 4.74 Å². The summed E-state index contributed by atoms with van der Waals surface area (Å²) < 4.78 is 16.3. The summed E-state index contributed by atoms with van der Waals surface area (Å²) in [7, 11) is 0. The SMILES string of the molecule is CC(OCC1CCCCO1)C(=O)Oc1cccc(Cl)c1. The van der Waals surface area contributed by atoms with Gasteiger partial charge in [-0.05, 0) is 44.4 Å². The summed E-state index contributed by atoms with van der Waals surface area (Å²) in [4.78, 5) is 11.9. The topological polar surface area (TPSA) is 44.8 Å². The molecule has 20 heavy (non-hydrogen) atoms. The minimum Gasteiger partial charge on any atom is -0.425 e. The minimum atomic E-state index is -0.625. The summed E-state index contributed by atoms with van der Waals surface area (Å²) in [6.45, 7) is 2.87. The quantitative estimate of drug-likeness (QED) is 0.618. The largest absolute Gasteiger partial charge is 0.425 e. The van der Waals surface area contributed by atoms with Crippen molar-refractivity contribution < 1.29 is 19.0 Å². The molecule has 0 amide bonds. The normalized spacial score (nSPS) is 20.4. The summed E-state index contributed by atoms with van der Waals surface area (Å²) in [5.41, 5.74) is 0. The molecule has 2 unspecified atom stereocenters. The smallest absolute Gasteiger partial charge is 0.340 e. The number of carbonyl (C=O) groups excluding carboxylic acids is 1. The molecular formula is C15H19ClO4. The minimum absolute atomic E-state index is 0.0881. The van der Waals surface area contributed by atoms with E-state index < -0.39 is 12.1 Å². The molecular weight excluding hydrogens is 280 g/mol. The average molecular weight is 299 g/mol. The average Bonchev–Trinajstić information content (AvgIpc) is 2.46. The van der Waals surface area contributed by atoms with Crippen molar-refractivity contribution in [1.82, 2.24) is 0 Å². The van der Waals surface area contributed by atoms with Gasteiger partial charge >= 0.3 is 5.97 Å². The lowest BCUT2D eigenvalue weighted by atomic mass is 10.1. The predicted molar refractivity (Wildman–Crippen MR) is 76.1 cm³/mol. The molecule has 2 rings (SSSR count). The highest BCUT2D eigenvalue weighted by Gasteiger charge is 2.20. The molecule has 0 radical (unpaired) electrons. The van der Waals surface area contributed by atoms with Crippen molar-refractivity contribution >= 4 is 17.6 Å². The van der Waals surface area contributed by atoms with E-state index in [1.807, 2.05) is 0 Å². The molecule has 1 aliphatic heterocycles. The highest BCUT2D eigenvalue weighted by molar-refractivity contribution is 6.30.